The van der Waals surface area contributed by atoms with Crippen LogP contribution in [-0.2, 0) is 13.0 Å². The molecule has 0 saturated heterocycles. The van der Waals surface area contributed by atoms with E-state index in [1.54, 1.807) is 6.20 Å². The van der Waals surface area contributed by atoms with Crippen LogP contribution in [-0.4, -0.2) is 16.6 Å². The fraction of sp³-hybridized carbons (Fsp3) is 0.167. The molecule has 3 aromatic rings. The molecule has 0 radical (unpaired) electrons. The van der Waals surface area contributed by atoms with Crippen LogP contribution >= 0.6 is 0 Å². The van der Waals surface area contributed by atoms with E-state index in [1.165, 1.54) is 16.8 Å². The summed E-state index contributed by atoms with van der Waals surface area (Å²) in [6.45, 7) is 1.93. The van der Waals surface area contributed by atoms with E-state index in [4.69, 9.17) is 0 Å². The maximum absolute atomic E-state index is 9.95. The second-order valence-corrected chi connectivity index (χ2v) is 5.49. The van der Waals surface area contributed by atoms with Crippen molar-refractivity contribution in [2.75, 3.05) is 11.4 Å². The number of aromatic nitrogens is 1. The zero-order chi connectivity index (χ0) is 14.2. The Balaban J connectivity index is 1.75. The smallest absolute Gasteiger partial charge is 0.218 e. The van der Waals surface area contributed by atoms with E-state index in [0.717, 1.165) is 30.3 Å². The van der Waals surface area contributed by atoms with E-state index in [2.05, 4.69) is 46.3 Å². The Morgan fingerprint density at radius 2 is 1.95 bits per heavy atom. The highest BCUT2D eigenvalue weighted by Crippen LogP contribution is 2.35. The van der Waals surface area contributed by atoms with Crippen molar-refractivity contribution in [1.82, 2.24) is 4.98 Å². The molecule has 0 saturated carbocycles. The summed E-state index contributed by atoms with van der Waals surface area (Å²) in [7, 11) is 0. The molecule has 0 amide bonds. The third-order valence-electron chi connectivity index (χ3n) is 4.15. The third-order valence-corrected chi connectivity index (χ3v) is 4.15. The highest BCUT2D eigenvalue weighted by molar-refractivity contribution is 5.91. The maximum Gasteiger partial charge on any atom is 0.218 e. The van der Waals surface area contributed by atoms with Gasteiger partial charge in [0.2, 0.25) is 5.88 Å². The van der Waals surface area contributed by atoms with E-state index in [1.807, 2.05) is 12.1 Å². The highest BCUT2D eigenvalue weighted by Gasteiger charge is 2.20. The van der Waals surface area contributed by atoms with Crippen molar-refractivity contribution in [2.45, 2.75) is 13.0 Å². The first kappa shape index (κ1) is 12.2. The fourth-order valence-electron chi connectivity index (χ4n) is 3.08. The Morgan fingerprint density at radius 1 is 1.10 bits per heavy atom. The number of hydrogen-bond acceptors (Lipinski definition) is 3. The van der Waals surface area contributed by atoms with Crippen molar-refractivity contribution in [1.29, 1.82) is 0 Å². The Kier molecular flexibility index (Phi) is 2.78. The first-order chi connectivity index (χ1) is 10.3. The zero-order valence-corrected chi connectivity index (χ0v) is 11.7. The molecule has 4 rings (SSSR count). The normalized spacial score (nSPS) is 13.6. The van der Waals surface area contributed by atoms with Crippen LogP contribution in [0.5, 0.6) is 5.88 Å². The SMILES string of the molecule is Oc1nccc2cc3c(cc12)N(Cc1ccccc1)CC3. The number of fused-ring (bicyclic) bond motifs is 2. The molecule has 104 valence electrons. The molecule has 0 unspecified atom stereocenters. The minimum absolute atomic E-state index is 0.113. The van der Waals surface area contributed by atoms with Crippen molar-refractivity contribution in [3.8, 4) is 5.88 Å². The van der Waals surface area contributed by atoms with Gasteiger partial charge in [0.15, 0.2) is 0 Å². The Bertz CT molecular complexity index is 799. The van der Waals surface area contributed by atoms with Crippen molar-refractivity contribution < 1.29 is 5.11 Å². The first-order valence-corrected chi connectivity index (χ1v) is 7.21. The molecule has 1 aliphatic heterocycles. The van der Waals surface area contributed by atoms with Gasteiger partial charge in [-0.15, -0.1) is 0 Å². The molecule has 0 atom stereocenters. The lowest BCUT2D eigenvalue weighted by atomic mass is 10.1. The van der Waals surface area contributed by atoms with Crippen LogP contribution in [0.4, 0.5) is 5.69 Å². The summed E-state index contributed by atoms with van der Waals surface area (Å²) in [5.74, 6) is 0.113. The Hall–Kier alpha value is -2.55. The van der Waals surface area contributed by atoms with Crippen LogP contribution in [0.25, 0.3) is 10.8 Å². The molecule has 2 heterocycles. The Labute approximate surface area is 123 Å². The third kappa shape index (κ3) is 2.11. The van der Waals surface area contributed by atoms with Gasteiger partial charge in [-0.05, 0) is 41.1 Å². The summed E-state index contributed by atoms with van der Waals surface area (Å²) in [5.41, 5.74) is 3.87. The molecular formula is C18H16N2O. The molecule has 1 aliphatic rings. The second kappa shape index (κ2) is 4.77. The molecule has 0 bridgehead atoms. The lowest BCUT2D eigenvalue weighted by Crippen LogP contribution is -2.19. The van der Waals surface area contributed by atoms with Crippen molar-refractivity contribution in [3.63, 3.8) is 0 Å². The summed E-state index contributed by atoms with van der Waals surface area (Å²) >= 11 is 0. The van der Waals surface area contributed by atoms with Gasteiger partial charge in [-0.2, -0.15) is 0 Å². The predicted octanol–water partition coefficient (Wildman–Crippen LogP) is 3.50. The largest absolute Gasteiger partial charge is 0.493 e. The average Bonchev–Trinajstić information content (AvgIpc) is 2.89. The van der Waals surface area contributed by atoms with E-state index >= 15 is 0 Å². The van der Waals surface area contributed by atoms with Crippen LogP contribution in [0, 0.1) is 0 Å². The zero-order valence-electron chi connectivity index (χ0n) is 11.7. The molecule has 2 aromatic carbocycles. The summed E-state index contributed by atoms with van der Waals surface area (Å²) < 4.78 is 0. The molecule has 0 spiro atoms. The summed E-state index contributed by atoms with van der Waals surface area (Å²) in [6.07, 6.45) is 2.71. The molecule has 3 nitrogen and oxygen atoms in total. The summed E-state index contributed by atoms with van der Waals surface area (Å²) in [5, 5.41) is 11.8. The summed E-state index contributed by atoms with van der Waals surface area (Å²) in [6, 6.07) is 16.7. The minimum atomic E-state index is 0.113. The number of hydrogen-bond donors (Lipinski definition) is 1. The molecule has 1 aromatic heterocycles. The molecule has 21 heavy (non-hydrogen) atoms. The van der Waals surface area contributed by atoms with Crippen LogP contribution in [0.3, 0.4) is 0 Å². The van der Waals surface area contributed by atoms with Gasteiger partial charge in [0.1, 0.15) is 0 Å². The van der Waals surface area contributed by atoms with E-state index in [0.29, 0.717) is 0 Å². The lowest BCUT2D eigenvalue weighted by Gasteiger charge is -2.20. The van der Waals surface area contributed by atoms with Gasteiger partial charge in [-0.3, -0.25) is 0 Å². The first-order valence-electron chi connectivity index (χ1n) is 7.21. The van der Waals surface area contributed by atoms with Gasteiger partial charge in [0, 0.05) is 30.4 Å². The van der Waals surface area contributed by atoms with Crippen molar-refractivity contribution in [3.05, 3.63) is 65.9 Å². The van der Waals surface area contributed by atoms with Crippen LogP contribution < -0.4 is 4.90 Å². The van der Waals surface area contributed by atoms with Crippen LogP contribution in [0.1, 0.15) is 11.1 Å². The number of nitrogens with zero attached hydrogens (tertiary/aromatic N) is 2. The Morgan fingerprint density at radius 3 is 2.81 bits per heavy atom. The topological polar surface area (TPSA) is 36.4 Å². The van der Waals surface area contributed by atoms with E-state index in [9.17, 15) is 5.11 Å². The van der Waals surface area contributed by atoms with Crippen LogP contribution in [0.2, 0.25) is 0 Å². The van der Waals surface area contributed by atoms with Crippen molar-refractivity contribution >= 4 is 16.5 Å². The molecule has 3 heteroatoms. The van der Waals surface area contributed by atoms with Crippen LogP contribution in [0.15, 0.2) is 54.7 Å². The predicted molar refractivity (Wildman–Crippen MR) is 84.6 cm³/mol. The molecule has 0 aliphatic carbocycles. The quantitative estimate of drug-likeness (QED) is 0.778. The van der Waals surface area contributed by atoms with E-state index < -0.39 is 0 Å². The second-order valence-electron chi connectivity index (χ2n) is 5.49. The number of anilines is 1. The number of aromatic hydroxyl groups is 1. The maximum atomic E-state index is 9.95. The van der Waals surface area contributed by atoms with Gasteiger partial charge in [0.25, 0.3) is 0 Å². The van der Waals surface area contributed by atoms with E-state index in [-0.39, 0.29) is 5.88 Å². The standard InChI is InChI=1S/C18H16N2O/c21-18-16-11-17-15(10-14(16)6-8-19-18)7-9-20(17)12-13-4-2-1-3-5-13/h1-6,8,10-11H,7,9,12H2,(H,19,21). The minimum Gasteiger partial charge on any atom is -0.493 e. The van der Waals surface area contributed by atoms with Gasteiger partial charge in [0.05, 0.1) is 0 Å². The molecule has 0 fully saturated rings. The molecule has 1 N–H and O–H groups in total. The number of pyridine rings is 1. The molecular weight excluding hydrogens is 260 g/mol. The highest BCUT2D eigenvalue weighted by atomic mass is 16.3. The average molecular weight is 276 g/mol. The van der Waals surface area contributed by atoms with Crippen molar-refractivity contribution in [2.24, 2.45) is 0 Å². The lowest BCUT2D eigenvalue weighted by molar-refractivity contribution is 0.460. The fourth-order valence-corrected chi connectivity index (χ4v) is 3.08. The van der Waals surface area contributed by atoms with Gasteiger partial charge in [-0.1, -0.05) is 30.3 Å². The summed E-state index contributed by atoms with van der Waals surface area (Å²) in [4.78, 5) is 6.35. The van der Waals surface area contributed by atoms with Gasteiger partial charge >= 0.3 is 0 Å². The monoisotopic (exact) mass is 276 g/mol. The van der Waals surface area contributed by atoms with Gasteiger partial charge in [-0.25, -0.2) is 4.98 Å². The van der Waals surface area contributed by atoms with Gasteiger partial charge < -0.3 is 10.0 Å². The number of rotatable bonds is 2. The number of benzene rings is 2.